The van der Waals surface area contributed by atoms with E-state index in [4.69, 9.17) is 0 Å². The predicted octanol–water partition coefficient (Wildman–Crippen LogP) is 4.68. The number of hydrogen-bond donors (Lipinski definition) is 0. The van der Waals surface area contributed by atoms with Gasteiger partial charge in [-0.15, -0.1) is 22.7 Å². The highest BCUT2D eigenvalue weighted by Gasteiger charge is 2.07. The lowest BCUT2D eigenvalue weighted by molar-refractivity contribution is 0.628. The van der Waals surface area contributed by atoms with E-state index in [1.807, 2.05) is 22.9 Å². The molecule has 17 heavy (non-hydrogen) atoms. The van der Waals surface area contributed by atoms with Crippen molar-refractivity contribution in [3.63, 3.8) is 0 Å². The van der Waals surface area contributed by atoms with Gasteiger partial charge in [0.1, 0.15) is 10.8 Å². The van der Waals surface area contributed by atoms with Crippen LogP contribution in [-0.2, 0) is 0 Å². The third kappa shape index (κ3) is 2.14. The third-order valence-corrected chi connectivity index (χ3v) is 4.15. The van der Waals surface area contributed by atoms with E-state index < -0.39 is 0 Å². The summed E-state index contributed by atoms with van der Waals surface area (Å²) in [7, 11) is 0. The maximum Gasteiger partial charge on any atom is 0.124 e. The topological polar surface area (TPSA) is 12.9 Å². The number of hydrogen-bond acceptors (Lipinski definition) is 3. The summed E-state index contributed by atoms with van der Waals surface area (Å²) >= 11 is 3.25. The molecule has 0 bridgehead atoms. The minimum absolute atomic E-state index is 0.219. The summed E-state index contributed by atoms with van der Waals surface area (Å²) < 4.78 is 12.8. The Kier molecular flexibility index (Phi) is 2.74. The summed E-state index contributed by atoms with van der Waals surface area (Å²) in [5.74, 6) is -0.219. The first-order valence-electron chi connectivity index (χ1n) is 5.08. The minimum Gasteiger partial charge on any atom is -0.235 e. The van der Waals surface area contributed by atoms with Crippen molar-refractivity contribution >= 4 is 22.7 Å². The first-order valence-corrected chi connectivity index (χ1v) is 6.84. The van der Waals surface area contributed by atoms with Crippen molar-refractivity contribution in [1.29, 1.82) is 0 Å². The van der Waals surface area contributed by atoms with Gasteiger partial charge >= 0.3 is 0 Å². The summed E-state index contributed by atoms with van der Waals surface area (Å²) in [5, 5.41) is 4.99. The van der Waals surface area contributed by atoms with Crippen LogP contribution in [0.25, 0.3) is 21.1 Å². The van der Waals surface area contributed by atoms with E-state index in [-0.39, 0.29) is 5.82 Å². The molecule has 0 aliphatic carbocycles. The van der Waals surface area contributed by atoms with Crippen LogP contribution in [0.3, 0.4) is 0 Å². The predicted molar refractivity (Wildman–Crippen MR) is 70.8 cm³/mol. The Morgan fingerprint density at radius 1 is 1.00 bits per heavy atom. The highest BCUT2D eigenvalue weighted by Crippen LogP contribution is 2.30. The number of benzene rings is 1. The van der Waals surface area contributed by atoms with Gasteiger partial charge < -0.3 is 0 Å². The van der Waals surface area contributed by atoms with Gasteiger partial charge in [0.2, 0.25) is 0 Å². The Bertz CT molecular complexity index is 611. The maximum atomic E-state index is 12.8. The van der Waals surface area contributed by atoms with Crippen LogP contribution in [0, 0.1) is 5.82 Å². The van der Waals surface area contributed by atoms with Crippen molar-refractivity contribution in [2.45, 2.75) is 0 Å². The second-order valence-electron chi connectivity index (χ2n) is 3.52. The fourth-order valence-electron chi connectivity index (χ4n) is 1.54. The van der Waals surface area contributed by atoms with Gasteiger partial charge in [0.15, 0.2) is 0 Å². The van der Waals surface area contributed by atoms with Gasteiger partial charge in [-0.25, -0.2) is 9.37 Å². The van der Waals surface area contributed by atoms with Crippen molar-refractivity contribution in [3.8, 4) is 21.1 Å². The second kappa shape index (κ2) is 4.39. The largest absolute Gasteiger partial charge is 0.235 e. The van der Waals surface area contributed by atoms with Crippen LogP contribution in [0.15, 0.2) is 47.2 Å². The zero-order valence-corrected chi connectivity index (χ0v) is 10.4. The highest BCUT2D eigenvalue weighted by molar-refractivity contribution is 7.15. The zero-order valence-electron chi connectivity index (χ0n) is 8.76. The van der Waals surface area contributed by atoms with E-state index in [1.165, 1.54) is 12.1 Å². The molecule has 0 atom stereocenters. The van der Waals surface area contributed by atoms with Gasteiger partial charge in [-0.2, -0.15) is 0 Å². The fraction of sp³-hybridized carbons (Fsp3) is 0. The molecule has 0 saturated carbocycles. The number of aromatic nitrogens is 1. The molecule has 0 radical (unpaired) electrons. The normalized spacial score (nSPS) is 10.6. The Morgan fingerprint density at radius 2 is 1.82 bits per heavy atom. The van der Waals surface area contributed by atoms with Crippen LogP contribution >= 0.6 is 22.7 Å². The van der Waals surface area contributed by atoms with Gasteiger partial charge in [0, 0.05) is 10.9 Å². The Hall–Kier alpha value is -1.52. The Balaban J connectivity index is 1.98. The lowest BCUT2D eigenvalue weighted by atomic mass is 10.2. The average molecular weight is 261 g/mol. The molecule has 0 aliphatic heterocycles. The number of thiophene rings is 1. The Morgan fingerprint density at radius 3 is 2.53 bits per heavy atom. The van der Waals surface area contributed by atoms with E-state index in [0.717, 1.165) is 21.1 Å². The third-order valence-electron chi connectivity index (χ3n) is 2.37. The van der Waals surface area contributed by atoms with Crippen LogP contribution in [0.2, 0.25) is 0 Å². The molecular weight excluding hydrogens is 253 g/mol. The van der Waals surface area contributed by atoms with Gasteiger partial charge in [-0.3, -0.25) is 0 Å². The van der Waals surface area contributed by atoms with Crippen LogP contribution in [0.1, 0.15) is 0 Å². The van der Waals surface area contributed by atoms with Gasteiger partial charge in [0.05, 0.1) is 10.6 Å². The van der Waals surface area contributed by atoms with Crippen molar-refractivity contribution in [3.05, 3.63) is 53.0 Å². The molecule has 84 valence electrons. The summed E-state index contributed by atoms with van der Waals surface area (Å²) in [4.78, 5) is 5.72. The molecule has 4 heteroatoms. The van der Waals surface area contributed by atoms with E-state index >= 15 is 0 Å². The standard InChI is InChI=1S/C13H8FNS2/c14-10-5-3-9(4-6-10)13-15-11(8-17-13)12-2-1-7-16-12/h1-8H. The SMILES string of the molecule is Fc1ccc(-c2nc(-c3cccs3)cs2)cc1. The number of halogens is 1. The quantitative estimate of drug-likeness (QED) is 0.653. The molecule has 0 amide bonds. The number of rotatable bonds is 2. The smallest absolute Gasteiger partial charge is 0.124 e. The minimum atomic E-state index is -0.219. The summed E-state index contributed by atoms with van der Waals surface area (Å²) in [6.07, 6.45) is 0. The van der Waals surface area contributed by atoms with Crippen LogP contribution < -0.4 is 0 Å². The van der Waals surface area contributed by atoms with Crippen molar-refractivity contribution in [1.82, 2.24) is 4.98 Å². The molecule has 0 saturated heterocycles. The van der Waals surface area contributed by atoms with Gasteiger partial charge in [-0.1, -0.05) is 6.07 Å². The number of thiazole rings is 1. The maximum absolute atomic E-state index is 12.8. The molecule has 0 N–H and O–H groups in total. The molecule has 2 aromatic heterocycles. The molecule has 0 unspecified atom stereocenters. The molecule has 2 heterocycles. The lowest BCUT2D eigenvalue weighted by Gasteiger charge is -1.95. The van der Waals surface area contributed by atoms with Crippen LogP contribution in [-0.4, -0.2) is 4.98 Å². The number of nitrogens with zero attached hydrogens (tertiary/aromatic N) is 1. The Labute approximate surface area is 106 Å². The summed E-state index contributed by atoms with van der Waals surface area (Å²) in [6, 6.07) is 10.5. The van der Waals surface area contributed by atoms with E-state index in [1.54, 1.807) is 34.8 Å². The van der Waals surface area contributed by atoms with E-state index in [2.05, 4.69) is 4.98 Å². The second-order valence-corrected chi connectivity index (χ2v) is 5.33. The van der Waals surface area contributed by atoms with Crippen LogP contribution in [0.4, 0.5) is 4.39 Å². The molecule has 3 aromatic rings. The molecular formula is C13H8FNS2. The summed E-state index contributed by atoms with van der Waals surface area (Å²) in [6.45, 7) is 0. The highest BCUT2D eigenvalue weighted by atomic mass is 32.1. The molecule has 0 aliphatic rings. The van der Waals surface area contributed by atoms with Crippen molar-refractivity contribution in [2.24, 2.45) is 0 Å². The molecule has 0 fully saturated rings. The van der Waals surface area contributed by atoms with Gasteiger partial charge in [-0.05, 0) is 35.7 Å². The molecule has 1 nitrogen and oxygen atoms in total. The van der Waals surface area contributed by atoms with Crippen molar-refractivity contribution in [2.75, 3.05) is 0 Å². The monoisotopic (exact) mass is 261 g/mol. The lowest BCUT2D eigenvalue weighted by Crippen LogP contribution is -1.78. The van der Waals surface area contributed by atoms with E-state index in [9.17, 15) is 4.39 Å². The van der Waals surface area contributed by atoms with Crippen molar-refractivity contribution < 1.29 is 4.39 Å². The first kappa shape index (κ1) is 10.6. The zero-order chi connectivity index (χ0) is 11.7. The summed E-state index contributed by atoms with van der Waals surface area (Å²) in [5.41, 5.74) is 1.95. The van der Waals surface area contributed by atoms with E-state index in [0.29, 0.717) is 0 Å². The van der Waals surface area contributed by atoms with Gasteiger partial charge in [0.25, 0.3) is 0 Å². The molecule has 1 aromatic carbocycles. The average Bonchev–Trinajstić information content (AvgIpc) is 3.00. The van der Waals surface area contributed by atoms with Crippen LogP contribution in [0.5, 0.6) is 0 Å². The molecule has 0 spiro atoms. The molecule has 3 rings (SSSR count). The first-order chi connectivity index (χ1) is 8.33. The fourth-order valence-corrected chi connectivity index (χ4v) is 3.12.